The van der Waals surface area contributed by atoms with Gasteiger partial charge in [-0.15, -0.1) is 0 Å². The molecular formula is C50H77N3O17P2. The summed E-state index contributed by atoms with van der Waals surface area (Å²) in [6.07, 6.45) is 24.1. The van der Waals surface area contributed by atoms with E-state index in [9.17, 15) is 53.4 Å². The van der Waals surface area contributed by atoms with Crippen LogP contribution in [0.4, 0.5) is 5.82 Å². The molecular weight excluding hydrogens is 977 g/mol. The van der Waals surface area contributed by atoms with Gasteiger partial charge in [-0.25, -0.2) is 13.9 Å². The second-order valence-corrected chi connectivity index (χ2v) is 20.7. The third-order valence-electron chi connectivity index (χ3n) is 11.5. The number of phosphoric ester groups is 2. The average Bonchev–Trinajstić information content (AvgIpc) is 3.32. The molecule has 72 heavy (non-hydrogen) atoms. The molecule has 2 aliphatic rings. The van der Waals surface area contributed by atoms with Crippen LogP contribution in [0.2, 0.25) is 0 Å². The van der Waals surface area contributed by atoms with E-state index in [1.54, 1.807) is 12.2 Å². The van der Waals surface area contributed by atoms with Crippen LogP contribution >= 0.6 is 15.6 Å². The molecule has 0 saturated carbocycles. The molecule has 7 N–H and O–H groups in total. The molecule has 1 aromatic rings. The Balaban J connectivity index is 1.79. The number of phosphoric acid groups is 2. The SMILES string of the molecule is CCCCC/C=C\C/C=C\C/C=C\CCCCC(=O)OC[C@@H]1COP(=O)(O)OP(=O)(O)OC[C@H]2O[C@@H](n3ccc(N)nc3=O)[C@H](C=CC(=O)[C@H](C=C[C@@H](O)CCCCC)[C@H](O)[C@@H]2O)CC=CCCCC(=O)O1. The quantitative estimate of drug-likeness (QED) is 0.0280. The van der Waals surface area contributed by atoms with E-state index in [-0.39, 0.29) is 31.5 Å². The largest absolute Gasteiger partial charge is 0.481 e. The summed E-state index contributed by atoms with van der Waals surface area (Å²) < 4.78 is 58.9. The number of fused-ring (bicyclic) bond motifs is 3. The highest BCUT2D eigenvalue weighted by molar-refractivity contribution is 7.61. The molecule has 0 amide bonds. The van der Waals surface area contributed by atoms with Crippen molar-refractivity contribution in [2.75, 3.05) is 25.6 Å². The molecule has 1 aromatic heterocycles. The first-order valence-corrected chi connectivity index (χ1v) is 28.0. The Morgan fingerprint density at radius 1 is 0.903 bits per heavy atom. The minimum atomic E-state index is -5.68. The predicted octanol–water partition coefficient (Wildman–Crippen LogP) is 7.73. The van der Waals surface area contributed by atoms with Gasteiger partial charge in [-0.2, -0.15) is 9.29 Å². The number of aliphatic hydroxyl groups is 3. The molecule has 10 atom stereocenters. The summed E-state index contributed by atoms with van der Waals surface area (Å²) in [7, 11) is -11.3. The predicted molar refractivity (Wildman–Crippen MR) is 270 cm³/mol. The lowest BCUT2D eigenvalue weighted by atomic mass is 9.88. The minimum absolute atomic E-state index is 0.0379. The van der Waals surface area contributed by atoms with Crippen LogP contribution in [0.25, 0.3) is 0 Å². The molecule has 3 heterocycles. The standard InChI is InChI=1S/C50H77N3O17P2/c1-3-5-7-8-9-10-11-12-13-14-15-16-17-18-23-27-45(56)65-35-40-36-66-71(61,62)70-72(63,64)67-37-43-48(59)47(58)41(31-30-39(54)26-21-6-4-2)42(55)32-29-38(25-22-19-20-24-28-46(57)68-40)49(69-43)53-34-33-44(51)52-50(53)60/h9-10,12-13,15-16,19,22,29-34,38-41,43,47-49,54,58-59H,3-8,11,14,17-18,20-21,23-28,35-37H2,1-2H3,(H,61,62)(H,63,64)(H2,51,52,60)/b10-9-,13-12-,16-15-,22-19?,31-30?,32-29?/t38-,39-,40+,41-,43+,47-,48+,49+/m0/s1. The number of rotatable bonds is 22. The van der Waals surface area contributed by atoms with Crippen LogP contribution in [-0.4, -0.2) is 103 Å². The molecule has 3 rings (SSSR count). The molecule has 0 fully saturated rings. The molecule has 0 aliphatic carbocycles. The van der Waals surface area contributed by atoms with Crippen molar-refractivity contribution in [3.63, 3.8) is 0 Å². The lowest BCUT2D eigenvalue weighted by Gasteiger charge is -2.36. The van der Waals surface area contributed by atoms with Gasteiger partial charge in [0.05, 0.1) is 31.3 Å². The number of ketones is 1. The zero-order valence-electron chi connectivity index (χ0n) is 41.6. The molecule has 2 bridgehead atoms. The molecule has 0 aromatic carbocycles. The highest BCUT2D eigenvalue weighted by Crippen LogP contribution is 2.60. The molecule has 0 spiro atoms. The van der Waals surface area contributed by atoms with Crippen molar-refractivity contribution in [1.82, 2.24) is 9.55 Å². The van der Waals surface area contributed by atoms with Gasteiger partial charge in [-0.05, 0) is 82.8 Å². The third-order valence-corrected chi connectivity index (χ3v) is 14.1. The molecule has 0 radical (unpaired) electrons. The van der Waals surface area contributed by atoms with Crippen LogP contribution in [0.5, 0.6) is 0 Å². The molecule has 404 valence electrons. The topological polar surface area (TPSA) is 303 Å². The van der Waals surface area contributed by atoms with E-state index in [0.717, 1.165) is 49.2 Å². The van der Waals surface area contributed by atoms with Gasteiger partial charge in [-0.3, -0.25) is 28.0 Å². The Morgan fingerprint density at radius 2 is 1.56 bits per heavy atom. The van der Waals surface area contributed by atoms with Crippen LogP contribution in [0, 0.1) is 11.8 Å². The Bertz CT molecular complexity index is 2140. The number of hydrogen-bond acceptors (Lipinski definition) is 17. The number of cyclic esters (lactones) is 1. The van der Waals surface area contributed by atoms with Crippen molar-refractivity contribution in [2.45, 2.75) is 166 Å². The lowest BCUT2D eigenvalue weighted by molar-refractivity contribution is -0.167. The maximum atomic E-state index is 13.8. The van der Waals surface area contributed by atoms with Crippen LogP contribution < -0.4 is 11.4 Å². The van der Waals surface area contributed by atoms with Crippen LogP contribution in [0.15, 0.2) is 90.0 Å². The maximum Gasteiger partial charge on any atom is 0.481 e. The first-order chi connectivity index (χ1) is 34.4. The van der Waals surface area contributed by atoms with Gasteiger partial charge in [0.2, 0.25) is 0 Å². The normalized spacial score (nSPS) is 28.2. The van der Waals surface area contributed by atoms with Gasteiger partial charge >= 0.3 is 33.3 Å². The summed E-state index contributed by atoms with van der Waals surface area (Å²) in [5.74, 6) is -4.72. The number of unbranched alkanes of at least 4 members (excludes halogenated alkanes) is 7. The van der Waals surface area contributed by atoms with E-state index in [1.807, 2.05) is 13.0 Å². The van der Waals surface area contributed by atoms with Gasteiger partial charge in [-0.1, -0.05) is 113 Å². The van der Waals surface area contributed by atoms with Crippen LogP contribution in [-0.2, 0) is 51.1 Å². The number of carbonyl (C=O) groups is 3. The fourth-order valence-electron chi connectivity index (χ4n) is 7.46. The fourth-order valence-corrected chi connectivity index (χ4v) is 9.58. The van der Waals surface area contributed by atoms with Gasteiger partial charge in [0.1, 0.15) is 30.9 Å². The average molecular weight is 1050 g/mol. The van der Waals surface area contributed by atoms with Crippen LogP contribution in [0.3, 0.4) is 0 Å². The van der Waals surface area contributed by atoms with Crippen molar-refractivity contribution in [3.05, 3.63) is 95.7 Å². The van der Waals surface area contributed by atoms with E-state index < -0.39 is 107 Å². The number of nitrogen functional groups attached to an aromatic ring is 1. The van der Waals surface area contributed by atoms with Gasteiger partial charge < -0.3 is 45.1 Å². The van der Waals surface area contributed by atoms with E-state index in [0.29, 0.717) is 32.1 Å². The van der Waals surface area contributed by atoms with Crippen molar-refractivity contribution >= 4 is 39.2 Å². The minimum Gasteiger partial charge on any atom is -0.462 e. The highest BCUT2D eigenvalue weighted by atomic mass is 31.3. The first-order valence-electron chi connectivity index (χ1n) is 25.0. The van der Waals surface area contributed by atoms with Gasteiger partial charge in [0, 0.05) is 25.0 Å². The number of esters is 2. The second kappa shape index (κ2) is 34.3. The number of hydrogen-bond donors (Lipinski definition) is 6. The van der Waals surface area contributed by atoms with E-state index >= 15 is 0 Å². The number of aromatic nitrogens is 2. The summed E-state index contributed by atoms with van der Waals surface area (Å²) in [6, 6.07) is 1.28. The van der Waals surface area contributed by atoms with E-state index in [4.69, 9.17) is 29.0 Å². The lowest BCUT2D eigenvalue weighted by Crippen LogP contribution is -2.49. The molecule has 20 nitrogen and oxygen atoms in total. The molecule has 2 unspecified atom stereocenters. The number of aliphatic hydroxyl groups excluding tert-OH is 3. The van der Waals surface area contributed by atoms with Crippen LogP contribution in [0.1, 0.15) is 136 Å². The zero-order chi connectivity index (χ0) is 52.8. The Hall–Kier alpha value is -4.17. The number of anilines is 1. The molecule has 22 heteroatoms. The fraction of sp³-hybridized carbons (Fsp3) is 0.620. The summed E-state index contributed by atoms with van der Waals surface area (Å²) in [6.45, 7) is 1.49. The Kier molecular flexibility index (Phi) is 29.6. The summed E-state index contributed by atoms with van der Waals surface area (Å²) >= 11 is 0. The van der Waals surface area contributed by atoms with Gasteiger partial charge in [0.15, 0.2) is 11.9 Å². The number of nitrogens with zero attached hydrogens (tertiary/aromatic N) is 2. The summed E-state index contributed by atoms with van der Waals surface area (Å²) in [5.41, 5.74) is 4.82. The number of nitrogens with two attached hydrogens (primary N) is 1. The smallest absolute Gasteiger partial charge is 0.462 e. The van der Waals surface area contributed by atoms with Crippen molar-refractivity contribution < 1.29 is 76.2 Å². The second-order valence-electron chi connectivity index (χ2n) is 17.6. The van der Waals surface area contributed by atoms with Crippen molar-refractivity contribution in [3.8, 4) is 0 Å². The Morgan fingerprint density at radius 3 is 2.24 bits per heavy atom. The monoisotopic (exact) mass is 1050 g/mol. The van der Waals surface area contributed by atoms with Crippen molar-refractivity contribution in [1.29, 1.82) is 0 Å². The molecule has 2 aliphatic heterocycles. The van der Waals surface area contributed by atoms with Gasteiger partial charge in [0.25, 0.3) is 0 Å². The van der Waals surface area contributed by atoms with E-state index in [1.165, 1.54) is 49.8 Å². The van der Waals surface area contributed by atoms with E-state index in [2.05, 4.69) is 46.6 Å². The third kappa shape index (κ3) is 25.2. The first kappa shape index (κ1) is 62.1. The molecule has 0 saturated heterocycles. The van der Waals surface area contributed by atoms with Crippen molar-refractivity contribution in [2.24, 2.45) is 11.8 Å². The maximum absolute atomic E-state index is 13.8. The summed E-state index contributed by atoms with van der Waals surface area (Å²) in [4.78, 5) is 77.7. The Labute approximate surface area is 422 Å². The number of allylic oxidation sites excluding steroid dienone is 9. The summed E-state index contributed by atoms with van der Waals surface area (Å²) in [5, 5.41) is 33.8. The zero-order valence-corrected chi connectivity index (χ0v) is 43.3. The highest BCUT2D eigenvalue weighted by Gasteiger charge is 2.42. The number of ether oxygens (including phenoxy) is 3. The number of carbonyl (C=O) groups excluding carboxylic acids is 3.